The Morgan fingerprint density at radius 1 is 1.05 bits per heavy atom. The van der Waals surface area contributed by atoms with E-state index >= 15 is 0 Å². The number of aliphatic carboxylic acids is 1. The molecule has 0 spiro atoms. The molecule has 0 saturated carbocycles. The van der Waals surface area contributed by atoms with Gasteiger partial charge in [-0.3, -0.25) is 4.79 Å². The monoisotopic (exact) mass is 310 g/mol. The maximum Gasteiger partial charge on any atom is 0.321 e. The summed E-state index contributed by atoms with van der Waals surface area (Å²) >= 11 is 1.16. The van der Waals surface area contributed by atoms with Crippen LogP contribution in [0.2, 0.25) is 0 Å². The first-order chi connectivity index (χ1) is 10.6. The van der Waals surface area contributed by atoms with Crippen LogP contribution in [0.15, 0.2) is 59.8 Å². The topological polar surface area (TPSA) is 63.1 Å². The second-order valence-electron chi connectivity index (χ2n) is 4.86. The average Bonchev–Trinajstić information content (AvgIpc) is 2.53. The Labute approximate surface area is 132 Å². The molecule has 4 nitrogen and oxygen atoms in total. The van der Waals surface area contributed by atoms with Crippen molar-refractivity contribution < 1.29 is 9.90 Å². The smallest absolute Gasteiger partial charge is 0.321 e. The van der Waals surface area contributed by atoms with E-state index in [-0.39, 0.29) is 0 Å². The van der Waals surface area contributed by atoms with Gasteiger partial charge in [-0.15, -0.1) is 0 Å². The lowest BCUT2D eigenvalue weighted by atomic mass is 10.1. The van der Waals surface area contributed by atoms with Crippen LogP contribution in [0.3, 0.4) is 0 Å². The summed E-state index contributed by atoms with van der Waals surface area (Å²) in [5.74, 6) is -0.898. The number of rotatable bonds is 4. The fourth-order valence-electron chi connectivity index (χ4n) is 2.26. The fourth-order valence-corrected chi connectivity index (χ4v) is 3.20. The lowest BCUT2D eigenvalue weighted by Crippen LogP contribution is -2.09. The number of benzene rings is 2. The van der Waals surface area contributed by atoms with Crippen LogP contribution in [0, 0.1) is 6.92 Å². The van der Waals surface area contributed by atoms with E-state index in [4.69, 9.17) is 0 Å². The van der Waals surface area contributed by atoms with Crippen molar-refractivity contribution >= 4 is 28.6 Å². The van der Waals surface area contributed by atoms with Gasteiger partial charge in [0.05, 0.1) is 5.52 Å². The summed E-state index contributed by atoms with van der Waals surface area (Å²) in [4.78, 5) is 20.5. The Bertz CT molecular complexity index is 821. The Balaban J connectivity index is 1.98. The number of aryl methyl sites for hydroxylation is 1. The second kappa shape index (κ2) is 6.15. The molecule has 5 heteroatoms. The van der Waals surface area contributed by atoms with Crippen molar-refractivity contribution in [1.82, 2.24) is 9.97 Å². The Kier molecular flexibility index (Phi) is 4.06. The van der Waals surface area contributed by atoms with Gasteiger partial charge in [-0.25, -0.2) is 9.97 Å². The van der Waals surface area contributed by atoms with E-state index in [0.717, 1.165) is 33.9 Å². The van der Waals surface area contributed by atoms with Crippen LogP contribution in [-0.4, -0.2) is 21.0 Å². The van der Waals surface area contributed by atoms with Crippen molar-refractivity contribution in [3.8, 4) is 0 Å². The Morgan fingerprint density at radius 2 is 1.73 bits per heavy atom. The van der Waals surface area contributed by atoms with Crippen LogP contribution < -0.4 is 0 Å². The third kappa shape index (κ3) is 2.94. The predicted molar refractivity (Wildman–Crippen MR) is 87.0 cm³/mol. The summed E-state index contributed by atoms with van der Waals surface area (Å²) in [5.41, 5.74) is 2.41. The number of hydrogen-bond acceptors (Lipinski definition) is 4. The molecule has 0 amide bonds. The second-order valence-corrected chi connectivity index (χ2v) is 5.93. The number of nitrogens with zero attached hydrogens (tertiary/aromatic N) is 2. The van der Waals surface area contributed by atoms with Gasteiger partial charge in [0.2, 0.25) is 0 Å². The minimum atomic E-state index is -0.898. The standard InChI is InChI=1S/C17H14N2O2S/c1-11-13-9-5-6-10-14(13)19-17(18-11)22-15(16(20)21)12-7-3-2-4-8-12/h2-10,15H,1H3,(H,20,21)/t15-/m0/s1. The Morgan fingerprint density at radius 3 is 2.45 bits per heavy atom. The molecule has 1 N–H and O–H groups in total. The van der Waals surface area contributed by atoms with E-state index in [1.54, 1.807) is 12.1 Å². The highest BCUT2D eigenvalue weighted by Gasteiger charge is 2.22. The van der Waals surface area contributed by atoms with Crippen LogP contribution in [0.25, 0.3) is 10.9 Å². The van der Waals surface area contributed by atoms with Gasteiger partial charge < -0.3 is 5.11 Å². The SMILES string of the molecule is Cc1nc(S[C@H](C(=O)O)c2ccccc2)nc2ccccc12. The lowest BCUT2D eigenvalue weighted by molar-refractivity contribution is -0.136. The van der Waals surface area contributed by atoms with E-state index < -0.39 is 11.2 Å². The van der Waals surface area contributed by atoms with Crippen molar-refractivity contribution in [2.45, 2.75) is 17.3 Å². The molecule has 0 saturated heterocycles. The zero-order chi connectivity index (χ0) is 15.5. The zero-order valence-electron chi connectivity index (χ0n) is 11.9. The number of carboxylic acids is 1. The molecular formula is C17H14N2O2S. The highest BCUT2D eigenvalue weighted by atomic mass is 32.2. The van der Waals surface area contributed by atoms with Gasteiger partial charge >= 0.3 is 5.97 Å². The number of carboxylic acid groups (broad SMARTS) is 1. The average molecular weight is 310 g/mol. The van der Waals surface area contributed by atoms with Crippen LogP contribution in [0.4, 0.5) is 0 Å². The minimum Gasteiger partial charge on any atom is -0.480 e. The molecule has 110 valence electrons. The van der Waals surface area contributed by atoms with E-state index in [0.29, 0.717) is 5.16 Å². The molecule has 0 bridgehead atoms. The highest BCUT2D eigenvalue weighted by Crippen LogP contribution is 2.34. The van der Waals surface area contributed by atoms with Gasteiger partial charge in [0.15, 0.2) is 5.16 Å². The molecule has 0 unspecified atom stereocenters. The molecule has 1 aromatic heterocycles. The molecule has 1 atom stereocenters. The number of hydrogen-bond donors (Lipinski definition) is 1. The number of fused-ring (bicyclic) bond motifs is 1. The summed E-state index contributed by atoms with van der Waals surface area (Å²) in [7, 11) is 0. The largest absolute Gasteiger partial charge is 0.480 e. The molecule has 22 heavy (non-hydrogen) atoms. The number of thioether (sulfide) groups is 1. The summed E-state index contributed by atoms with van der Waals surface area (Å²) in [6.07, 6.45) is 0. The van der Waals surface area contributed by atoms with E-state index in [9.17, 15) is 9.90 Å². The van der Waals surface area contributed by atoms with Crippen LogP contribution >= 0.6 is 11.8 Å². The molecule has 1 heterocycles. The van der Waals surface area contributed by atoms with Crippen molar-refractivity contribution in [1.29, 1.82) is 0 Å². The van der Waals surface area contributed by atoms with Crippen LogP contribution in [0.5, 0.6) is 0 Å². The molecule has 0 aliphatic rings. The van der Waals surface area contributed by atoms with Crippen molar-refractivity contribution in [3.05, 3.63) is 65.9 Å². The van der Waals surface area contributed by atoms with Gasteiger partial charge in [-0.2, -0.15) is 0 Å². The highest BCUT2D eigenvalue weighted by molar-refractivity contribution is 8.00. The fraction of sp³-hybridized carbons (Fsp3) is 0.118. The maximum atomic E-state index is 11.6. The van der Waals surface area contributed by atoms with E-state index in [1.807, 2.05) is 49.4 Å². The molecule has 2 aromatic carbocycles. The number of carbonyl (C=O) groups is 1. The molecule has 0 fully saturated rings. The van der Waals surface area contributed by atoms with Crippen molar-refractivity contribution in [2.75, 3.05) is 0 Å². The summed E-state index contributed by atoms with van der Waals surface area (Å²) < 4.78 is 0. The first kappa shape index (κ1) is 14.5. The quantitative estimate of drug-likeness (QED) is 0.585. The first-order valence-corrected chi connectivity index (χ1v) is 7.71. The van der Waals surface area contributed by atoms with Crippen molar-refractivity contribution in [2.24, 2.45) is 0 Å². The third-order valence-corrected chi connectivity index (χ3v) is 4.43. The summed E-state index contributed by atoms with van der Waals surface area (Å²) in [6, 6.07) is 16.9. The molecule has 0 radical (unpaired) electrons. The van der Waals surface area contributed by atoms with Gasteiger partial charge in [-0.1, -0.05) is 60.3 Å². The van der Waals surface area contributed by atoms with Crippen molar-refractivity contribution in [3.63, 3.8) is 0 Å². The third-order valence-electron chi connectivity index (χ3n) is 3.32. The zero-order valence-corrected chi connectivity index (χ0v) is 12.7. The van der Waals surface area contributed by atoms with Crippen LogP contribution in [0.1, 0.15) is 16.5 Å². The van der Waals surface area contributed by atoms with Gasteiger partial charge in [0.25, 0.3) is 0 Å². The molecule has 0 aliphatic carbocycles. The van der Waals surface area contributed by atoms with Gasteiger partial charge in [0.1, 0.15) is 5.25 Å². The predicted octanol–water partition coefficient (Wildman–Crippen LogP) is 3.86. The van der Waals surface area contributed by atoms with E-state index in [2.05, 4.69) is 9.97 Å². The molecule has 3 aromatic rings. The molecule has 0 aliphatic heterocycles. The minimum absolute atomic E-state index is 0.479. The van der Waals surface area contributed by atoms with Crippen LogP contribution in [-0.2, 0) is 4.79 Å². The van der Waals surface area contributed by atoms with E-state index in [1.165, 1.54) is 0 Å². The van der Waals surface area contributed by atoms with Gasteiger partial charge in [0, 0.05) is 11.1 Å². The summed E-state index contributed by atoms with van der Waals surface area (Å²) in [5, 5.41) is 10.2. The molecule has 3 rings (SSSR count). The lowest BCUT2D eigenvalue weighted by Gasteiger charge is -2.12. The number of aromatic nitrogens is 2. The first-order valence-electron chi connectivity index (χ1n) is 6.83. The Hall–Kier alpha value is -2.40. The number of para-hydroxylation sites is 1. The summed E-state index contributed by atoms with van der Waals surface area (Å²) in [6.45, 7) is 1.91. The van der Waals surface area contributed by atoms with Gasteiger partial charge in [-0.05, 0) is 18.6 Å². The molecular weight excluding hydrogens is 296 g/mol. The normalized spacial score (nSPS) is 12.2. The maximum absolute atomic E-state index is 11.6.